The van der Waals surface area contributed by atoms with Gasteiger partial charge in [-0.3, -0.25) is 4.79 Å². The van der Waals surface area contributed by atoms with Crippen LogP contribution in [0.15, 0.2) is 24.3 Å². The quantitative estimate of drug-likeness (QED) is 0.230. The molecule has 0 amide bonds. The number of rotatable bonds is 4. The van der Waals surface area contributed by atoms with Crippen LogP contribution in [0.5, 0.6) is 0 Å². The Morgan fingerprint density at radius 3 is 2.37 bits per heavy atom. The highest BCUT2D eigenvalue weighted by atomic mass is 16.5. The highest BCUT2D eigenvalue weighted by molar-refractivity contribution is 5.78. The van der Waals surface area contributed by atoms with Crippen LogP contribution in [0.3, 0.4) is 0 Å². The molecule has 0 spiro atoms. The predicted molar refractivity (Wildman–Crippen MR) is 152 cm³/mol. The molecule has 0 heterocycles. The van der Waals surface area contributed by atoms with Crippen molar-refractivity contribution in [2.24, 2.45) is 50.2 Å². The highest BCUT2D eigenvalue weighted by Gasteiger charge is 2.70. The first-order chi connectivity index (χ1) is 17.6. The van der Waals surface area contributed by atoms with Gasteiger partial charge in [-0.1, -0.05) is 66.2 Å². The molecular weight excluding hydrogens is 472 g/mol. The molecule has 5 aliphatic rings. The summed E-state index contributed by atoms with van der Waals surface area (Å²) in [4.78, 5) is 13.8. The average molecular weight is 527 g/mol. The van der Waals surface area contributed by atoms with E-state index in [1.54, 1.807) is 0 Å². The van der Waals surface area contributed by atoms with E-state index in [0.29, 0.717) is 31.3 Å². The van der Waals surface area contributed by atoms with E-state index in [-0.39, 0.29) is 39.0 Å². The van der Waals surface area contributed by atoms with Crippen LogP contribution >= 0.6 is 0 Å². The molecule has 3 unspecified atom stereocenters. The minimum atomic E-state index is -0.671. The van der Waals surface area contributed by atoms with Crippen LogP contribution in [0.4, 0.5) is 0 Å². The lowest BCUT2D eigenvalue weighted by Crippen LogP contribution is -2.67. The van der Waals surface area contributed by atoms with Crippen LogP contribution in [-0.2, 0) is 9.53 Å². The Balaban J connectivity index is 1.56. The van der Waals surface area contributed by atoms with E-state index in [9.17, 15) is 15.0 Å². The van der Waals surface area contributed by atoms with Crippen LogP contribution in [-0.4, -0.2) is 35.0 Å². The number of carbonyl (C=O) groups is 1. The first-order valence-electron chi connectivity index (χ1n) is 15.4. The second-order valence-electron chi connectivity index (χ2n) is 16.1. The molecule has 0 aromatic heterocycles. The Kier molecular flexibility index (Phi) is 6.68. The number of carbonyl (C=O) groups excluding carboxylic acids is 1. The van der Waals surface area contributed by atoms with Gasteiger partial charge in [0, 0.05) is 0 Å². The zero-order valence-corrected chi connectivity index (χ0v) is 25.2. The van der Waals surface area contributed by atoms with E-state index in [1.807, 2.05) is 6.08 Å². The number of esters is 1. The number of hydrogen-bond donors (Lipinski definition) is 2. The third kappa shape index (κ3) is 3.71. The molecule has 0 radical (unpaired) electrons. The van der Waals surface area contributed by atoms with Gasteiger partial charge in [0.25, 0.3) is 0 Å². The van der Waals surface area contributed by atoms with E-state index in [4.69, 9.17) is 4.74 Å². The highest BCUT2D eigenvalue weighted by Crippen LogP contribution is 2.75. The van der Waals surface area contributed by atoms with Gasteiger partial charge in [-0.05, 0) is 109 Å². The summed E-state index contributed by atoms with van der Waals surface area (Å²) in [5, 5.41) is 22.0. The van der Waals surface area contributed by atoms with Gasteiger partial charge < -0.3 is 14.9 Å². The van der Waals surface area contributed by atoms with Gasteiger partial charge in [0.1, 0.15) is 0 Å². The van der Waals surface area contributed by atoms with Crippen molar-refractivity contribution in [1.82, 2.24) is 0 Å². The number of aliphatic hydroxyl groups excluding tert-OH is 2. The average Bonchev–Trinajstić information content (AvgIpc) is 2.83. The molecule has 5 aliphatic carbocycles. The molecule has 0 bridgehead atoms. The first kappa shape index (κ1) is 28.4. The zero-order valence-electron chi connectivity index (χ0n) is 25.2. The molecule has 4 saturated carbocycles. The maximum atomic E-state index is 13.8. The summed E-state index contributed by atoms with van der Waals surface area (Å²) >= 11 is 0. The van der Waals surface area contributed by atoms with E-state index in [0.717, 1.165) is 51.4 Å². The fraction of sp³-hybridized carbons (Fsp3) is 0.853. The lowest BCUT2D eigenvalue weighted by molar-refractivity contribution is -0.232. The summed E-state index contributed by atoms with van der Waals surface area (Å²) in [5.74, 6) is 1.10. The predicted octanol–water partition coefficient (Wildman–Crippen LogP) is 7.24. The van der Waals surface area contributed by atoms with Crippen molar-refractivity contribution < 1.29 is 19.7 Å². The van der Waals surface area contributed by atoms with Crippen molar-refractivity contribution in [2.75, 3.05) is 6.61 Å². The summed E-state index contributed by atoms with van der Waals surface area (Å²) < 4.78 is 5.94. The van der Waals surface area contributed by atoms with Crippen LogP contribution in [0.2, 0.25) is 0 Å². The molecule has 0 aromatic rings. The van der Waals surface area contributed by atoms with Crippen molar-refractivity contribution >= 4 is 5.97 Å². The van der Waals surface area contributed by atoms with Crippen molar-refractivity contribution in [2.45, 2.75) is 125 Å². The lowest BCUT2D eigenvalue weighted by atomic mass is 9.33. The molecule has 5 rings (SSSR count). The van der Waals surface area contributed by atoms with E-state index >= 15 is 0 Å². The lowest BCUT2D eigenvalue weighted by Gasteiger charge is -2.71. The number of allylic oxidation sites excluding steroid dienone is 2. The van der Waals surface area contributed by atoms with Crippen molar-refractivity contribution in [3.63, 3.8) is 0 Å². The Hall–Kier alpha value is -1.13. The fourth-order valence-electron chi connectivity index (χ4n) is 11.1. The first-order valence-corrected chi connectivity index (χ1v) is 15.4. The monoisotopic (exact) mass is 526 g/mol. The topological polar surface area (TPSA) is 66.8 Å². The molecule has 0 aliphatic heterocycles. The van der Waals surface area contributed by atoms with Gasteiger partial charge in [0.2, 0.25) is 0 Å². The molecule has 0 saturated heterocycles. The van der Waals surface area contributed by atoms with E-state index in [2.05, 4.69) is 61.1 Å². The van der Waals surface area contributed by atoms with E-state index in [1.165, 1.54) is 5.57 Å². The molecule has 2 N–H and O–H groups in total. The molecule has 4 heteroatoms. The molecule has 38 heavy (non-hydrogen) atoms. The zero-order chi connectivity index (χ0) is 27.9. The maximum absolute atomic E-state index is 13.8. The summed E-state index contributed by atoms with van der Waals surface area (Å²) in [6.45, 7) is 20.8. The SMILES string of the molecule is C=CCCOC(=O)[C@]12CCC(C)(C)CC1C1=CCC3[C@@]4(C)C[C@@H](O)[C@H](O)C(C)(C)C4CC[C@@]3(C)[C@]1(C)CC2. The van der Waals surface area contributed by atoms with Crippen molar-refractivity contribution in [1.29, 1.82) is 0 Å². The molecule has 4 fully saturated rings. The molecular formula is C34H54O4. The Morgan fingerprint density at radius 2 is 1.68 bits per heavy atom. The summed E-state index contributed by atoms with van der Waals surface area (Å²) in [5.41, 5.74) is 1.14. The van der Waals surface area contributed by atoms with E-state index < -0.39 is 17.6 Å². The Morgan fingerprint density at radius 1 is 1.00 bits per heavy atom. The summed E-state index contributed by atoms with van der Waals surface area (Å²) in [7, 11) is 0. The van der Waals surface area contributed by atoms with Gasteiger partial charge in [-0.25, -0.2) is 0 Å². The van der Waals surface area contributed by atoms with Crippen LogP contribution in [0.25, 0.3) is 0 Å². The third-order valence-corrected chi connectivity index (χ3v) is 13.5. The molecule has 214 valence electrons. The third-order valence-electron chi connectivity index (χ3n) is 13.5. The number of ether oxygens (including phenoxy) is 1. The normalized spacial score (nSPS) is 48.9. The van der Waals surface area contributed by atoms with Gasteiger partial charge >= 0.3 is 5.97 Å². The number of hydrogen-bond acceptors (Lipinski definition) is 4. The maximum Gasteiger partial charge on any atom is 0.312 e. The largest absolute Gasteiger partial charge is 0.465 e. The summed E-state index contributed by atoms with van der Waals surface area (Å²) in [6.07, 6.45) is 12.6. The molecule has 9 atom stereocenters. The van der Waals surface area contributed by atoms with Crippen LogP contribution in [0.1, 0.15) is 113 Å². The van der Waals surface area contributed by atoms with Gasteiger partial charge in [-0.15, -0.1) is 6.58 Å². The Labute approximate surface area is 231 Å². The summed E-state index contributed by atoms with van der Waals surface area (Å²) in [6, 6.07) is 0. The molecule has 0 aromatic carbocycles. The minimum Gasteiger partial charge on any atom is -0.465 e. The van der Waals surface area contributed by atoms with Crippen molar-refractivity contribution in [3.8, 4) is 0 Å². The van der Waals surface area contributed by atoms with Gasteiger partial charge in [-0.2, -0.15) is 0 Å². The van der Waals surface area contributed by atoms with Crippen LogP contribution in [0, 0.1) is 50.2 Å². The molecule has 4 nitrogen and oxygen atoms in total. The number of aliphatic hydroxyl groups is 2. The smallest absolute Gasteiger partial charge is 0.312 e. The van der Waals surface area contributed by atoms with Crippen LogP contribution < -0.4 is 0 Å². The fourth-order valence-corrected chi connectivity index (χ4v) is 11.1. The minimum absolute atomic E-state index is 0.0236. The van der Waals surface area contributed by atoms with Crippen molar-refractivity contribution in [3.05, 3.63) is 24.3 Å². The Bertz CT molecular complexity index is 1010. The standard InChI is InChI=1S/C34H54O4/c1-9-10-19-38-28(37)34-17-15-29(2,3)20-23(34)22-11-12-26-31(6)21-24(35)27(36)30(4,5)25(31)13-14-33(26,8)32(22,7)16-18-34/h9,11,23-27,35-36H,1,10,12-21H2,2-8H3/t23?,24-,25?,26?,27+,31+,32-,33-,34+/m1/s1. The van der Waals surface area contributed by atoms with Gasteiger partial charge in [0.05, 0.1) is 24.2 Å². The number of fused-ring (bicyclic) bond motifs is 7. The van der Waals surface area contributed by atoms with Gasteiger partial charge in [0.15, 0.2) is 0 Å². The second-order valence-corrected chi connectivity index (χ2v) is 16.1. The second kappa shape index (κ2) is 8.93.